The van der Waals surface area contributed by atoms with Gasteiger partial charge in [0.25, 0.3) is 0 Å². The van der Waals surface area contributed by atoms with Gasteiger partial charge in [-0.3, -0.25) is 15.0 Å². The van der Waals surface area contributed by atoms with E-state index in [1.54, 1.807) is 0 Å². The van der Waals surface area contributed by atoms with Gasteiger partial charge in [0, 0.05) is 12.6 Å². The van der Waals surface area contributed by atoms with Crippen LogP contribution in [-0.2, 0) is 4.79 Å². The number of carbonyl (C=O) groups is 2. The Kier molecular flexibility index (Phi) is 3.63. The first-order valence-corrected chi connectivity index (χ1v) is 6.16. The van der Waals surface area contributed by atoms with E-state index in [0.717, 1.165) is 26.1 Å². The molecule has 17 heavy (non-hydrogen) atoms. The molecule has 2 saturated heterocycles. The number of rotatable bonds is 3. The van der Waals surface area contributed by atoms with Crippen LogP contribution in [0, 0.1) is 11.8 Å². The summed E-state index contributed by atoms with van der Waals surface area (Å²) in [5.74, 6) is 0.978. The molecule has 0 aromatic rings. The predicted octanol–water partition coefficient (Wildman–Crippen LogP) is -0.889. The Hall–Kier alpha value is -1.14. The van der Waals surface area contributed by atoms with Gasteiger partial charge < -0.3 is 11.1 Å². The summed E-state index contributed by atoms with van der Waals surface area (Å²) < 4.78 is 0. The van der Waals surface area contributed by atoms with E-state index in [1.165, 1.54) is 0 Å². The number of imide groups is 1. The molecule has 0 bridgehead atoms. The van der Waals surface area contributed by atoms with Crippen molar-refractivity contribution in [2.75, 3.05) is 26.2 Å². The zero-order chi connectivity index (χ0) is 12.4. The molecule has 0 spiro atoms. The zero-order valence-electron chi connectivity index (χ0n) is 10.1. The second-order valence-corrected chi connectivity index (χ2v) is 4.90. The topological polar surface area (TPSA) is 87.5 Å². The van der Waals surface area contributed by atoms with Gasteiger partial charge in [-0.25, -0.2) is 4.79 Å². The smallest absolute Gasteiger partial charge is 0.318 e. The Morgan fingerprint density at radius 1 is 1.47 bits per heavy atom. The standard InChI is InChI=1S/C11H20N4O2/c1-2-9-8-4-13-3-7(8)5-15(9)6-10(16)14-11(12)17/h7-9,13H,2-6H2,1H3,(H3,12,14,16,17). The summed E-state index contributed by atoms with van der Waals surface area (Å²) in [5, 5.41) is 5.52. The maximum Gasteiger partial charge on any atom is 0.318 e. The van der Waals surface area contributed by atoms with E-state index >= 15 is 0 Å². The van der Waals surface area contributed by atoms with Gasteiger partial charge in [-0.15, -0.1) is 0 Å². The van der Waals surface area contributed by atoms with Crippen molar-refractivity contribution >= 4 is 11.9 Å². The maximum absolute atomic E-state index is 11.5. The molecule has 2 aliphatic heterocycles. The highest BCUT2D eigenvalue weighted by molar-refractivity contribution is 5.94. The Morgan fingerprint density at radius 3 is 2.88 bits per heavy atom. The number of nitrogens with zero attached hydrogens (tertiary/aromatic N) is 1. The maximum atomic E-state index is 11.5. The van der Waals surface area contributed by atoms with E-state index < -0.39 is 6.03 Å². The van der Waals surface area contributed by atoms with Crippen LogP contribution in [-0.4, -0.2) is 49.1 Å². The molecule has 0 aromatic carbocycles. The molecule has 2 fully saturated rings. The van der Waals surface area contributed by atoms with Gasteiger partial charge in [-0.05, 0) is 31.3 Å². The molecule has 3 amide bonds. The minimum absolute atomic E-state index is 0.272. The molecule has 2 heterocycles. The van der Waals surface area contributed by atoms with Gasteiger partial charge in [0.1, 0.15) is 0 Å². The number of nitrogens with two attached hydrogens (primary N) is 1. The molecule has 6 nitrogen and oxygen atoms in total. The van der Waals surface area contributed by atoms with Crippen LogP contribution in [0.2, 0.25) is 0 Å². The number of carbonyl (C=O) groups excluding carboxylic acids is 2. The van der Waals surface area contributed by atoms with Crippen molar-refractivity contribution in [2.24, 2.45) is 17.6 Å². The van der Waals surface area contributed by atoms with Gasteiger partial charge in [0.2, 0.25) is 5.91 Å². The lowest BCUT2D eigenvalue weighted by Gasteiger charge is -2.25. The minimum Gasteiger partial charge on any atom is -0.351 e. The van der Waals surface area contributed by atoms with Crippen LogP contribution < -0.4 is 16.4 Å². The van der Waals surface area contributed by atoms with Crippen molar-refractivity contribution in [1.82, 2.24) is 15.5 Å². The van der Waals surface area contributed by atoms with Crippen molar-refractivity contribution in [1.29, 1.82) is 0 Å². The van der Waals surface area contributed by atoms with Crippen molar-refractivity contribution in [3.05, 3.63) is 0 Å². The van der Waals surface area contributed by atoms with Crippen LogP contribution in [0.3, 0.4) is 0 Å². The zero-order valence-corrected chi connectivity index (χ0v) is 10.1. The third-order valence-electron chi connectivity index (χ3n) is 3.85. The third-order valence-corrected chi connectivity index (χ3v) is 3.85. The molecule has 4 N–H and O–H groups in total. The van der Waals surface area contributed by atoms with Crippen molar-refractivity contribution in [3.63, 3.8) is 0 Å². The number of hydrogen-bond acceptors (Lipinski definition) is 4. The molecule has 3 atom stereocenters. The predicted molar refractivity (Wildman–Crippen MR) is 63.2 cm³/mol. The number of hydrogen-bond donors (Lipinski definition) is 3. The van der Waals surface area contributed by atoms with Crippen LogP contribution in [0.4, 0.5) is 4.79 Å². The summed E-state index contributed by atoms with van der Waals surface area (Å²) in [6, 6.07) is -0.335. The second-order valence-electron chi connectivity index (χ2n) is 4.90. The average molecular weight is 240 g/mol. The first-order valence-electron chi connectivity index (χ1n) is 6.16. The lowest BCUT2D eigenvalue weighted by atomic mass is 9.93. The largest absolute Gasteiger partial charge is 0.351 e. The lowest BCUT2D eigenvalue weighted by molar-refractivity contribution is -0.121. The molecule has 3 unspecified atom stereocenters. The van der Waals surface area contributed by atoms with E-state index in [0.29, 0.717) is 17.9 Å². The van der Waals surface area contributed by atoms with Gasteiger partial charge in [-0.2, -0.15) is 0 Å². The van der Waals surface area contributed by atoms with Crippen LogP contribution in [0.25, 0.3) is 0 Å². The molecule has 2 rings (SSSR count). The molecule has 0 aromatic heterocycles. The first-order chi connectivity index (χ1) is 8.11. The number of nitrogens with one attached hydrogen (secondary N) is 2. The highest BCUT2D eigenvalue weighted by Crippen LogP contribution is 2.33. The quantitative estimate of drug-likeness (QED) is 0.597. The molecular weight excluding hydrogens is 220 g/mol. The number of likely N-dealkylation sites (tertiary alicyclic amines) is 1. The number of primary amides is 1. The molecule has 0 radical (unpaired) electrons. The molecule has 96 valence electrons. The van der Waals surface area contributed by atoms with E-state index in [1.807, 2.05) is 0 Å². The highest BCUT2D eigenvalue weighted by atomic mass is 16.2. The fraction of sp³-hybridized carbons (Fsp3) is 0.818. The summed E-state index contributed by atoms with van der Waals surface area (Å²) in [7, 11) is 0. The van der Waals surface area contributed by atoms with Crippen molar-refractivity contribution < 1.29 is 9.59 Å². The fourth-order valence-electron chi connectivity index (χ4n) is 3.22. The number of urea groups is 1. The molecular formula is C11H20N4O2. The van der Waals surface area contributed by atoms with Gasteiger partial charge in [-0.1, -0.05) is 6.92 Å². The monoisotopic (exact) mass is 240 g/mol. The Labute approximate surface area is 101 Å². The van der Waals surface area contributed by atoms with E-state index in [9.17, 15) is 9.59 Å². The number of amides is 3. The molecule has 2 aliphatic rings. The SMILES string of the molecule is CCC1C2CNCC2CN1CC(=O)NC(N)=O. The van der Waals surface area contributed by atoms with E-state index in [-0.39, 0.29) is 12.5 Å². The lowest BCUT2D eigenvalue weighted by Crippen LogP contribution is -2.45. The van der Waals surface area contributed by atoms with Crippen LogP contribution in [0.1, 0.15) is 13.3 Å². The summed E-state index contributed by atoms with van der Waals surface area (Å²) in [5.41, 5.74) is 4.93. The van der Waals surface area contributed by atoms with Crippen molar-refractivity contribution in [2.45, 2.75) is 19.4 Å². The van der Waals surface area contributed by atoms with E-state index in [2.05, 4.69) is 22.5 Å². The molecule has 0 saturated carbocycles. The van der Waals surface area contributed by atoms with Crippen LogP contribution >= 0.6 is 0 Å². The molecule has 0 aliphatic carbocycles. The van der Waals surface area contributed by atoms with Gasteiger partial charge in [0.05, 0.1) is 6.54 Å². The van der Waals surface area contributed by atoms with Crippen LogP contribution in [0.15, 0.2) is 0 Å². The Bertz CT molecular complexity index is 321. The average Bonchev–Trinajstić information content (AvgIpc) is 2.75. The minimum atomic E-state index is -0.774. The van der Waals surface area contributed by atoms with Crippen molar-refractivity contribution in [3.8, 4) is 0 Å². The summed E-state index contributed by atoms with van der Waals surface area (Å²) >= 11 is 0. The van der Waals surface area contributed by atoms with Gasteiger partial charge in [0.15, 0.2) is 0 Å². The fourth-order valence-corrected chi connectivity index (χ4v) is 3.22. The Morgan fingerprint density at radius 2 is 2.24 bits per heavy atom. The second kappa shape index (κ2) is 5.01. The Balaban J connectivity index is 1.92. The third kappa shape index (κ3) is 2.58. The first kappa shape index (κ1) is 12.3. The summed E-state index contributed by atoms with van der Waals surface area (Å²) in [6.45, 7) is 5.42. The number of fused-ring (bicyclic) bond motifs is 1. The van der Waals surface area contributed by atoms with Crippen LogP contribution in [0.5, 0.6) is 0 Å². The summed E-state index contributed by atoms with van der Waals surface area (Å²) in [4.78, 5) is 24.3. The van der Waals surface area contributed by atoms with E-state index in [4.69, 9.17) is 5.73 Å². The summed E-state index contributed by atoms with van der Waals surface area (Å²) in [6.07, 6.45) is 1.03. The molecule has 6 heteroatoms. The highest BCUT2D eigenvalue weighted by Gasteiger charge is 2.43. The van der Waals surface area contributed by atoms with Gasteiger partial charge >= 0.3 is 6.03 Å². The normalized spacial score (nSPS) is 32.4.